The Hall–Kier alpha value is -1.66. The van der Waals surface area contributed by atoms with Gasteiger partial charge in [0.2, 0.25) is 5.91 Å². The van der Waals surface area contributed by atoms with E-state index < -0.39 is 9.75 Å². The Bertz CT molecular complexity index is 673. The highest BCUT2D eigenvalue weighted by molar-refractivity contribution is 6.53. The van der Waals surface area contributed by atoms with E-state index in [0.29, 0.717) is 18.8 Å². The molecule has 2 aromatic rings. The molecule has 0 saturated heterocycles. The number of pyridine rings is 1. The van der Waals surface area contributed by atoms with Crippen LogP contribution in [-0.2, 0) is 11.3 Å². The van der Waals surface area contributed by atoms with Gasteiger partial charge in [0.05, 0.1) is 5.41 Å². The molecule has 21 heavy (non-hydrogen) atoms. The first-order valence-corrected chi connectivity index (χ1v) is 7.15. The highest BCUT2D eigenvalue weighted by Gasteiger charge is 2.67. The lowest BCUT2D eigenvalue weighted by Crippen LogP contribution is -2.33. The molecule has 1 N–H and O–H groups in total. The predicted molar refractivity (Wildman–Crippen MR) is 78.2 cm³/mol. The lowest BCUT2D eigenvalue weighted by molar-refractivity contribution is -0.125. The fourth-order valence-electron chi connectivity index (χ4n) is 2.11. The minimum Gasteiger partial charge on any atom is -0.351 e. The molecule has 1 atom stereocenters. The molecule has 3 rings (SSSR count). The summed E-state index contributed by atoms with van der Waals surface area (Å²) in [4.78, 5) is 20.3. The normalized spacial score (nSPS) is 22.8. The summed E-state index contributed by atoms with van der Waals surface area (Å²) in [6, 6.07) is 3.67. The van der Waals surface area contributed by atoms with Gasteiger partial charge in [0.1, 0.15) is 17.0 Å². The third kappa shape index (κ3) is 2.49. The summed E-state index contributed by atoms with van der Waals surface area (Å²) in [6.45, 7) is 2.07. The molecule has 0 spiro atoms. The van der Waals surface area contributed by atoms with E-state index in [0.717, 1.165) is 5.56 Å². The van der Waals surface area contributed by atoms with Gasteiger partial charge in [-0.15, -0.1) is 23.2 Å². The van der Waals surface area contributed by atoms with Crippen LogP contribution in [0.1, 0.15) is 18.9 Å². The van der Waals surface area contributed by atoms with Gasteiger partial charge in [-0.2, -0.15) is 5.10 Å². The Morgan fingerprint density at radius 2 is 2.29 bits per heavy atom. The second kappa shape index (κ2) is 4.96. The van der Waals surface area contributed by atoms with Crippen molar-refractivity contribution in [3.8, 4) is 5.82 Å². The summed E-state index contributed by atoms with van der Waals surface area (Å²) in [5, 5.41) is 6.90. The van der Waals surface area contributed by atoms with E-state index in [-0.39, 0.29) is 5.91 Å². The predicted octanol–water partition coefficient (Wildman–Crippen LogP) is 1.86. The van der Waals surface area contributed by atoms with Crippen LogP contribution < -0.4 is 5.32 Å². The van der Waals surface area contributed by atoms with Crippen LogP contribution in [0.2, 0.25) is 0 Å². The molecule has 0 radical (unpaired) electrons. The summed E-state index contributed by atoms with van der Waals surface area (Å²) in [7, 11) is 0. The molecule has 1 aliphatic rings. The largest absolute Gasteiger partial charge is 0.351 e. The molecular formula is C13H13Cl2N5O. The molecule has 2 heterocycles. The van der Waals surface area contributed by atoms with Crippen molar-refractivity contribution >= 4 is 29.1 Å². The van der Waals surface area contributed by atoms with Crippen LogP contribution in [-0.4, -0.2) is 30.0 Å². The van der Waals surface area contributed by atoms with Crippen molar-refractivity contribution in [1.82, 2.24) is 25.1 Å². The van der Waals surface area contributed by atoms with E-state index >= 15 is 0 Å². The smallest absolute Gasteiger partial charge is 0.229 e. The Morgan fingerprint density at radius 1 is 1.52 bits per heavy atom. The third-order valence-corrected chi connectivity index (χ3v) is 4.80. The minimum atomic E-state index is -0.971. The topological polar surface area (TPSA) is 72.7 Å². The zero-order chi connectivity index (χ0) is 15.1. The molecule has 6 nitrogen and oxygen atoms in total. The van der Waals surface area contributed by atoms with Gasteiger partial charge in [-0.25, -0.2) is 14.6 Å². The summed E-state index contributed by atoms with van der Waals surface area (Å²) >= 11 is 12.0. The average Bonchev–Trinajstić information content (AvgIpc) is 2.87. The van der Waals surface area contributed by atoms with Crippen molar-refractivity contribution in [2.24, 2.45) is 5.41 Å². The number of carbonyl (C=O) groups excluding carboxylic acids is 1. The monoisotopic (exact) mass is 325 g/mol. The van der Waals surface area contributed by atoms with Gasteiger partial charge in [-0.3, -0.25) is 4.79 Å². The Morgan fingerprint density at radius 3 is 2.90 bits per heavy atom. The number of halogens is 2. The fourth-order valence-corrected chi connectivity index (χ4v) is 2.82. The highest BCUT2D eigenvalue weighted by atomic mass is 35.5. The summed E-state index contributed by atoms with van der Waals surface area (Å²) in [5.74, 6) is 0.458. The lowest BCUT2D eigenvalue weighted by atomic mass is 10.1. The van der Waals surface area contributed by atoms with Crippen LogP contribution in [0.25, 0.3) is 5.82 Å². The van der Waals surface area contributed by atoms with Crippen molar-refractivity contribution in [1.29, 1.82) is 0 Å². The van der Waals surface area contributed by atoms with Gasteiger partial charge < -0.3 is 5.32 Å². The first kappa shape index (κ1) is 14.3. The average molecular weight is 326 g/mol. The van der Waals surface area contributed by atoms with Gasteiger partial charge in [-0.05, 0) is 19.4 Å². The van der Waals surface area contributed by atoms with Crippen molar-refractivity contribution in [2.45, 2.75) is 24.2 Å². The standard InChI is InChI=1S/C13H13Cl2N5O/c1-12(6-13(12,14)15)11(21)18-5-9-3-2-4-17-10(9)20-8-16-7-19-20/h2-4,7-8H,5-6H2,1H3,(H,18,21)/t12-/m1/s1. The molecule has 0 unspecified atom stereocenters. The number of nitrogens with zero attached hydrogens (tertiary/aromatic N) is 4. The molecular weight excluding hydrogens is 313 g/mol. The van der Waals surface area contributed by atoms with E-state index in [1.54, 1.807) is 30.2 Å². The summed E-state index contributed by atoms with van der Waals surface area (Å²) < 4.78 is 0.578. The number of nitrogens with one attached hydrogen (secondary N) is 1. The number of amides is 1. The van der Waals surface area contributed by atoms with Crippen LogP contribution in [0.15, 0.2) is 31.0 Å². The van der Waals surface area contributed by atoms with Crippen LogP contribution >= 0.6 is 23.2 Å². The van der Waals surface area contributed by atoms with Gasteiger partial charge >= 0.3 is 0 Å². The molecule has 1 aliphatic carbocycles. The van der Waals surface area contributed by atoms with E-state index in [4.69, 9.17) is 23.2 Å². The van der Waals surface area contributed by atoms with Crippen LogP contribution in [0.3, 0.4) is 0 Å². The molecule has 0 aliphatic heterocycles. The molecule has 0 bridgehead atoms. The second-order valence-corrected chi connectivity index (χ2v) is 6.71. The van der Waals surface area contributed by atoms with E-state index in [9.17, 15) is 4.79 Å². The number of alkyl halides is 2. The van der Waals surface area contributed by atoms with Gasteiger partial charge in [-0.1, -0.05) is 6.07 Å². The molecule has 110 valence electrons. The molecule has 1 fully saturated rings. The quantitative estimate of drug-likeness (QED) is 0.871. The van der Waals surface area contributed by atoms with Crippen molar-refractivity contribution in [3.63, 3.8) is 0 Å². The zero-order valence-corrected chi connectivity index (χ0v) is 12.8. The summed E-state index contributed by atoms with van der Waals surface area (Å²) in [6.07, 6.45) is 5.10. The highest BCUT2D eigenvalue weighted by Crippen LogP contribution is 2.63. The Kier molecular flexibility index (Phi) is 3.37. The zero-order valence-electron chi connectivity index (χ0n) is 11.3. The maximum Gasteiger partial charge on any atom is 0.229 e. The van der Waals surface area contributed by atoms with E-state index in [1.165, 1.54) is 6.33 Å². The van der Waals surface area contributed by atoms with Gasteiger partial charge in [0.25, 0.3) is 0 Å². The third-order valence-electron chi connectivity index (χ3n) is 3.70. The molecule has 0 aromatic carbocycles. The lowest BCUT2D eigenvalue weighted by Gasteiger charge is -2.14. The Labute approximate surface area is 131 Å². The minimum absolute atomic E-state index is 0.166. The van der Waals surface area contributed by atoms with Crippen LogP contribution in [0, 0.1) is 5.41 Å². The first-order valence-electron chi connectivity index (χ1n) is 6.39. The van der Waals surface area contributed by atoms with Gasteiger partial charge in [0, 0.05) is 18.3 Å². The molecule has 1 saturated carbocycles. The number of carbonyl (C=O) groups is 1. The Balaban J connectivity index is 1.74. The van der Waals surface area contributed by atoms with E-state index in [2.05, 4.69) is 20.4 Å². The van der Waals surface area contributed by atoms with Crippen molar-refractivity contribution in [3.05, 3.63) is 36.5 Å². The fraction of sp³-hybridized carbons (Fsp3) is 0.385. The number of aromatic nitrogens is 4. The van der Waals surface area contributed by atoms with Crippen molar-refractivity contribution < 1.29 is 4.79 Å². The number of hydrogen-bond donors (Lipinski definition) is 1. The molecule has 1 amide bonds. The maximum atomic E-state index is 12.2. The SMILES string of the molecule is C[C@]1(C(=O)NCc2cccnc2-n2cncn2)CC1(Cl)Cl. The van der Waals surface area contributed by atoms with Crippen LogP contribution in [0.5, 0.6) is 0 Å². The molecule has 2 aromatic heterocycles. The summed E-state index contributed by atoms with van der Waals surface area (Å²) in [5.41, 5.74) is 0.0986. The first-order chi connectivity index (χ1) is 9.94. The second-order valence-electron chi connectivity index (χ2n) is 5.22. The van der Waals surface area contributed by atoms with Crippen molar-refractivity contribution in [2.75, 3.05) is 0 Å². The maximum absolute atomic E-state index is 12.2. The number of rotatable bonds is 4. The van der Waals surface area contributed by atoms with Crippen LogP contribution in [0.4, 0.5) is 0 Å². The number of hydrogen-bond acceptors (Lipinski definition) is 4. The van der Waals surface area contributed by atoms with E-state index in [1.807, 2.05) is 6.07 Å². The van der Waals surface area contributed by atoms with Gasteiger partial charge in [0.15, 0.2) is 5.82 Å². The molecule has 8 heteroatoms.